The van der Waals surface area contributed by atoms with Gasteiger partial charge < -0.3 is 9.88 Å². The molecule has 0 unspecified atom stereocenters. The van der Waals surface area contributed by atoms with Crippen molar-refractivity contribution in [3.8, 4) is 0 Å². The Morgan fingerprint density at radius 1 is 1.56 bits per heavy atom. The molecule has 2 aliphatic rings. The Labute approximate surface area is 95.1 Å². The van der Waals surface area contributed by atoms with E-state index >= 15 is 0 Å². The number of imidazole rings is 1. The van der Waals surface area contributed by atoms with Crippen LogP contribution >= 0.6 is 0 Å². The molecule has 86 valence electrons. The van der Waals surface area contributed by atoms with Gasteiger partial charge in [-0.1, -0.05) is 12.8 Å². The van der Waals surface area contributed by atoms with Crippen LogP contribution in [0.2, 0.25) is 0 Å². The Kier molecular flexibility index (Phi) is 2.42. The van der Waals surface area contributed by atoms with Crippen LogP contribution in [0.4, 0.5) is 0 Å². The van der Waals surface area contributed by atoms with Gasteiger partial charge >= 0.3 is 0 Å². The van der Waals surface area contributed by atoms with Crippen molar-refractivity contribution in [2.75, 3.05) is 6.54 Å². The largest absolute Gasteiger partial charge is 0.347 e. The van der Waals surface area contributed by atoms with E-state index in [1.165, 1.54) is 12.8 Å². The van der Waals surface area contributed by atoms with Crippen LogP contribution in [-0.4, -0.2) is 27.3 Å². The molecule has 16 heavy (non-hydrogen) atoms. The standard InChI is InChI=1S/C12H17N3O/c16-12(4-3-9-1-2-9)15-6-5-10-11(7-15)14-8-13-10/h8-9H,1-7H2,(H,13,14). The fourth-order valence-corrected chi connectivity index (χ4v) is 2.32. The first-order chi connectivity index (χ1) is 7.83. The van der Waals surface area contributed by atoms with Crippen molar-refractivity contribution in [1.29, 1.82) is 0 Å². The number of rotatable bonds is 3. The second-order valence-corrected chi connectivity index (χ2v) is 4.88. The summed E-state index contributed by atoms with van der Waals surface area (Å²) in [4.78, 5) is 21.3. The summed E-state index contributed by atoms with van der Waals surface area (Å²) in [5, 5.41) is 0. The van der Waals surface area contributed by atoms with Gasteiger partial charge in [0.15, 0.2) is 0 Å². The number of nitrogens with one attached hydrogen (secondary N) is 1. The predicted octanol–water partition coefficient (Wildman–Crippen LogP) is 1.48. The number of carbonyl (C=O) groups is 1. The van der Waals surface area contributed by atoms with Gasteiger partial charge in [0.2, 0.25) is 5.91 Å². The van der Waals surface area contributed by atoms with E-state index in [9.17, 15) is 4.79 Å². The zero-order valence-corrected chi connectivity index (χ0v) is 9.41. The SMILES string of the molecule is O=C(CCC1CC1)N1CCc2nc[nH]c2C1. The number of carbonyl (C=O) groups excluding carboxylic acids is 1. The van der Waals surface area contributed by atoms with Gasteiger partial charge in [0.25, 0.3) is 0 Å². The van der Waals surface area contributed by atoms with Crippen LogP contribution in [0.1, 0.15) is 37.1 Å². The van der Waals surface area contributed by atoms with E-state index in [2.05, 4.69) is 9.97 Å². The monoisotopic (exact) mass is 219 g/mol. The Bertz CT molecular complexity index is 395. The van der Waals surface area contributed by atoms with Crippen LogP contribution in [-0.2, 0) is 17.8 Å². The van der Waals surface area contributed by atoms with Crippen molar-refractivity contribution in [1.82, 2.24) is 14.9 Å². The van der Waals surface area contributed by atoms with Crippen LogP contribution in [0, 0.1) is 5.92 Å². The third kappa shape index (κ3) is 1.96. The molecule has 1 aromatic heterocycles. The van der Waals surface area contributed by atoms with E-state index in [1.807, 2.05) is 4.90 Å². The molecule has 0 radical (unpaired) electrons. The summed E-state index contributed by atoms with van der Waals surface area (Å²) in [6, 6.07) is 0. The zero-order valence-electron chi connectivity index (χ0n) is 9.41. The van der Waals surface area contributed by atoms with E-state index < -0.39 is 0 Å². The molecular formula is C12H17N3O. The van der Waals surface area contributed by atoms with E-state index in [1.54, 1.807) is 6.33 Å². The van der Waals surface area contributed by atoms with Crippen LogP contribution < -0.4 is 0 Å². The zero-order chi connectivity index (χ0) is 11.0. The summed E-state index contributed by atoms with van der Waals surface area (Å²) in [6.45, 7) is 1.56. The maximum absolute atomic E-state index is 12.0. The highest BCUT2D eigenvalue weighted by molar-refractivity contribution is 5.76. The summed E-state index contributed by atoms with van der Waals surface area (Å²) in [5.74, 6) is 1.16. The minimum atomic E-state index is 0.312. The van der Waals surface area contributed by atoms with Gasteiger partial charge in [-0.05, 0) is 12.3 Å². The summed E-state index contributed by atoms with van der Waals surface area (Å²) in [6.07, 6.45) is 7.10. The second kappa shape index (κ2) is 3.92. The molecule has 1 fully saturated rings. The van der Waals surface area contributed by atoms with Gasteiger partial charge in [-0.2, -0.15) is 0 Å². The van der Waals surface area contributed by atoms with Gasteiger partial charge in [-0.25, -0.2) is 4.98 Å². The quantitative estimate of drug-likeness (QED) is 0.837. The molecule has 0 aromatic carbocycles. The predicted molar refractivity (Wildman–Crippen MR) is 59.7 cm³/mol. The third-order valence-corrected chi connectivity index (χ3v) is 3.59. The Morgan fingerprint density at radius 3 is 3.25 bits per heavy atom. The summed E-state index contributed by atoms with van der Waals surface area (Å²) < 4.78 is 0. The molecule has 1 aromatic rings. The second-order valence-electron chi connectivity index (χ2n) is 4.88. The Morgan fingerprint density at radius 2 is 2.44 bits per heavy atom. The van der Waals surface area contributed by atoms with E-state index in [0.29, 0.717) is 5.91 Å². The number of H-pyrrole nitrogens is 1. The highest BCUT2D eigenvalue weighted by Crippen LogP contribution is 2.33. The summed E-state index contributed by atoms with van der Waals surface area (Å²) in [5.41, 5.74) is 2.25. The van der Waals surface area contributed by atoms with Gasteiger partial charge in [-0.3, -0.25) is 4.79 Å². The lowest BCUT2D eigenvalue weighted by Crippen LogP contribution is -2.35. The topological polar surface area (TPSA) is 49.0 Å². The number of nitrogens with zero attached hydrogens (tertiary/aromatic N) is 2. The van der Waals surface area contributed by atoms with Gasteiger partial charge in [0, 0.05) is 19.4 Å². The van der Waals surface area contributed by atoms with Gasteiger partial charge in [-0.15, -0.1) is 0 Å². The van der Waals surface area contributed by atoms with Gasteiger partial charge in [0.1, 0.15) is 0 Å². The first-order valence-electron chi connectivity index (χ1n) is 6.12. The molecule has 3 rings (SSSR count). The van der Waals surface area contributed by atoms with Crippen molar-refractivity contribution < 1.29 is 4.79 Å². The number of hydrogen-bond donors (Lipinski definition) is 1. The number of aromatic nitrogens is 2. The molecule has 0 bridgehead atoms. The molecule has 1 amide bonds. The summed E-state index contributed by atoms with van der Waals surface area (Å²) in [7, 11) is 0. The van der Waals surface area contributed by atoms with E-state index in [-0.39, 0.29) is 0 Å². The average molecular weight is 219 g/mol. The maximum atomic E-state index is 12.0. The molecule has 1 N–H and O–H groups in total. The molecule has 4 nitrogen and oxygen atoms in total. The van der Waals surface area contributed by atoms with Crippen molar-refractivity contribution in [3.05, 3.63) is 17.7 Å². The van der Waals surface area contributed by atoms with Crippen LogP contribution in [0.15, 0.2) is 6.33 Å². The Balaban J connectivity index is 1.57. The lowest BCUT2D eigenvalue weighted by molar-refractivity contribution is -0.132. The van der Waals surface area contributed by atoms with Gasteiger partial charge in [0.05, 0.1) is 24.3 Å². The number of fused-ring (bicyclic) bond motifs is 1. The fourth-order valence-electron chi connectivity index (χ4n) is 2.32. The van der Waals surface area contributed by atoms with Crippen LogP contribution in [0.25, 0.3) is 0 Å². The molecular weight excluding hydrogens is 202 g/mol. The fraction of sp³-hybridized carbons (Fsp3) is 0.667. The molecule has 4 heteroatoms. The highest BCUT2D eigenvalue weighted by Gasteiger charge is 2.25. The maximum Gasteiger partial charge on any atom is 0.222 e. The molecule has 2 heterocycles. The number of hydrogen-bond acceptors (Lipinski definition) is 2. The van der Waals surface area contributed by atoms with Crippen molar-refractivity contribution >= 4 is 5.91 Å². The van der Waals surface area contributed by atoms with Crippen molar-refractivity contribution in [3.63, 3.8) is 0 Å². The van der Waals surface area contributed by atoms with Crippen molar-refractivity contribution in [2.45, 2.75) is 38.6 Å². The van der Waals surface area contributed by atoms with Crippen LogP contribution in [0.5, 0.6) is 0 Å². The lowest BCUT2D eigenvalue weighted by atomic mass is 10.1. The average Bonchev–Trinajstić information content (AvgIpc) is 3.01. The molecule has 1 saturated carbocycles. The highest BCUT2D eigenvalue weighted by atomic mass is 16.2. The first kappa shape index (κ1) is 9.87. The van der Waals surface area contributed by atoms with Crippen molar-refractivity contribution in [2.24, 2.45) is 5.92 Å². The Hall–Kier alpha value is -1.32. The smallest absolute Gasteiger partial charge is 0.222 e. The minimum absolute atomic E-state index is 0.312. The first-order valence-corrected chi connectivity index (χ1v) is 6.12. The van der Waals surface area contributed by atoms with Crippen LogP contribution in [0.3, 0.4) is 0 Å². The van der Waals surface area contributed by atoms with E-state index in [4.69, 9.17) is 0 Å². The number of aromatic amines is 1. The molecule has 1 aliphatic carbocycles. The molecule has 0 saturated heterocycles. The molecule has 0 atom stereocenters. The van der Waals surface area contributed by atoms with E-state index in [0.717, 1.165) is 49.7 Å². The third-order valence-electron chi connectivity index (χ3n) is 3.59. The summed E-state index contributed by atoms with van der Waals surface area (Å²) >= 11 is 0. The molecule has 0 spiro atoms. The number of amides is 1. The lowest BCUT2D eigenvalue weighted by Gasteiger charge is -2.26. The minimum Gasteiger partial charge on any atom is -0.347 e. The molecule has 1 aliphatic heterocycles. The normalized spacial score (nSPS) is 19.6.